The fourth-order valence-electron chi connectivity index (χ4n) is 2.25. The molecule has 0 aliphatic heterocycles. The number of terminal acetylenes is 1. The Bertz CT molecular complexity index is 1090. The van der Waals surface area contributed by atoms with Crippen LogP contribution in [0.3, 0.4) is 0 Å². The minimum atomic E-state index is -0.526. The molecule has 1 heterocycles. The standard InChI is InChI=1S/C17H10ClN3O3S/c1-2-9-20-14-8-5-12(18)10-15(14)25-17(20)19-16(22)11-3-6-13(7-4-11)21(23)24/h1,3-8,10H,9H2. The summed E-state index contributed by atoms with van der Waals surface area (Å²) in [4.78, 5) is 27.1. The molecule has 0 atom stereocenters. The Labute approximate surface area is 151 Å². The summed E-state index contributed by atoms with van der Waals surface area (Å²) in [5, 5.41) is 11.3. The first-order chi connectivity index (χ1) is 12.0. The molecule has 1 amide bonds. The van der Waals surface area contributed by atoms with Crippen molar-refractivity contribution in [3.05, 3.63) is 68.0 Å². The summed E-state index contributed by atoms with van der Waals surface area (Å²) in [6.07, 6.45) is 5.41. The molecule has 0 radical (unpaired) electrons. The van der Waals surface area contributed by atoms with Gasteiger partial charge >= 0.3 is 0 Å². The van der Waals surface area contributed by atoms with E-state index in [0.717, 1.165) is 10.2 Å². The van der Waals surface area contributed by atoms with E-state index in [1.165, 1.54) is 35.6 Å². The fraction of sp³-hybridized carbons (Fsp3) is 0.0588. The number of halogens is 1. The van der Waals surface area contributed by atoms with Crippen molar-refractivity contribution in [2.75, 3.05) is 0 Å². The number of nitrogens with zero attached hydrogens (tertiary/aromatic N) is 3. The number of benzene rings is 2. The van der Waals surface area contributed by atoms with E-state index in [2.05, 4.69) is 10.9 Å². The topological polar surface area (TPSA) is 77.5 Å². The Balaban J connectivity index is 2.08. The number of hydrogen-bond donors (Lipinski definition) is 0. The third kappa shape index (κ3) is 3.45. The molecule has 124 valence electrons. The molecule has 0 aliphatic rings. The predicted octanol–water partition coefficient (Wildman–Crippen LogP) is 3.64. The Morgan fingerprint density at radius 2 is 2.04 bits per heavy atom. The van der Waals surface area contributed by atoms with Gasteiger partial charge in [-0.2, -0.15) is 4.99 Å². The molecular formula is C17H10ClN3O3S. The third-order valence-corrected chi connectivity index (χ3v) is 4.69. The van der Waals surface area contributed by atoms with Crippen molar-refractivity contribution >= 4 is 44.7 Å². The predicted molar refractivity (Wildman–Crippen MR) is 96.6 cm³/mol. The van der Waals surface area contributed by atoms with Crippen LogP contribution in [-0.2, 0) is 6.54 Å². The molecule has 0 N–H and O–H groups in total. The third-order valence-electron chi connectivity index (χ3n) is 3.42. The molecule has 2 aromatic carbocycles. The van der Waals surface area contributed by atoms with E-state index in [1.807, 2.05) is 6.07 Å². The van der Waals surface area contributed by atoms with E-state index in [1.54, 1.807) is 16.7 Å². The molecule has 0 bridgehead atoms. The van der Waals surface area contributed by atoms with Gasteiger partial charge in [-0.15, -0.1) is 6.42 Å². The van der Waals surface area contributed by atoms with Crippen molar-refractivity contribution in [1.82, 2.24) is 4.57 Å². The van der Waals surface area contributed by atoms with E-state index >= 15 is 0 Å². The van der Waals surface area contributed by atoms with Gasteiger partial charge < -0.3 is 4.57 Å². The lowest BCUT2D eigenvalue weighted by molar-refractivity contribution is -0.384. The monoisotopic (exact) mass is 371 g/mol. The largest absolute Gasteiger partial charge is 0.305 e. The highest BCUT2D eigenvalue weighted by atomic mass is 35.5. The smallest absolute Gasteiger partial charge is 0.279 e. The van der Waals surface area contributed by atoms with Gasteiger partial charge in [0.05, 0.1) is 21.7 Å². The second-order valence-electron chi connectivity index (χ2n) is 5.01. The van der Waals surface area contributed by atoms with Gasteiger partial charge in [-0.05, 0) is 30.3 Å². The minimum Gasteiger partial charge on any atom is -0.305 e. The number of amides is 1. The Morgan fingerprint density at radius 3 is 2.68 bits per heavy atom. The number of fused-ring (bicyclic) bond motifs is 1. The van der Waals surface area contributed by atoms with Gasteiger partial charge in [0.1, 0.15) is 0 Å². The molecule has 3 rings (SSSR count). The summed E-state index contributed by atoms with van der Waals surface area (Å²) < 4.78 is 2.61. The van der Waals surface area contributed by atoms with Gasteiger partial charge in [0, 0.05) is 22.7 Å². The number of nitro benzene ring substituents is 1. The summed E-state index contributed by atoms with van der Waals surface area (Å²) in [7, 11) is 0. The quantitative estimate of drug-likeness (QED) is 0.400. The summed E-state index contributed by atoms with van der Waals surface area (Å²) in [6.45, 7) is 0.258. The maximum Gasteiger partial charge on any atom is 0.279 e. The van der Waals surface area contributed by atoms with Crippen LogP contribution in [0.5, 0.6) is 0 Å². The van der Waals surface area contributed by atoms with Gasteiger partial charge in [0.25, 0.3) is 11.6 Å². The molecule has 8 heteroatoms. The Hall–Kier alpha value is -2.95. The number of nitro groups is 1. The summed E-state index contributed by atoms with van der Waals surface area (Å²) in [6, 6.07) is 10.6. The molecule has 0 saturated heterocycles. The Kier molecular flexibility index (Phi) is 4.65. The second-order valence-corrected chi connectivity index (χ2v) is 6.45. The van der Waals surface area contributed by atoms with E-state index in [9.17, 15) is 14.9 Å². The zero-order valence-corrected chi connectivity index (χ0v) is 14.3. The molecular weight excluding hydrogens is 362 g/mol. The van der Waals surface area contributed by atoms with E-state index in [4.69, 9.17) is 18.0 Å². The average molecular weight is 372 g/mol. The number of thiazole rings is 1. The maximum absolute atomic E-state index is 12.4. The fourth-order valence-corrected chi connectivity index (χ4v) is 3.56. The van der Waals surface area contributed by atoms with Gasteiger partial charge in [-0.25, -0.2) is 0 Å². The second kappa shape index (κ2) is 6.89. The van der Waals surface area contributed by atoms with E-state index < -0.39 is 10.8 Å². The van der Waals surface area contributed by atoms with Gasteiger partial charge in [0.2, 0.25) is 0 Å². The van der Waals surface area contributed by atoms with Gasteiger partial charge in [0.15, 0.2) is 4.80 Å². The SMILES string of the molecule is C#CCn1c(=NC(=O)c2ccc([N+](=O)[O-])cc2)sc2cc(Cl)ccc21. The number of hydrogen-bond acceptors (Lipinski definition) is 4. The number of carbonyl (C=O) groups excluding carboxylic acids is 1. The van der Waals surface area contributed by atoms with Crippen LogP contribution in [0.4, 0.5) is 5.69 Å². The highest BCUT2D eigenvalue weighted by molar-refractivity contribution is 7.16. The van der Waals surface area contributed by atoms with Crippen LogP contribution in [0.1, 0.15) is 10.4 Å². The van der Waals surface area contributed by atoms with Crippen molar-refractivity contribution in [2.45, 2.75) is 6.54 Å². The lowest BCUT2D eigenvalue weighted by atomic mass is 10.2. The lowest BCUT2D eigenvalue weighted by Gasteiger charge is -2.00. The highest BCUT2D eigenvalue weighted by Crippen LogP contribution is 2.22. The number of aromatic nitrogens is 1. The normalized spacial score (nSPS) is 11.4. The summed E-state index contributed by atoms with van der Waals surface area (Å²) in [5.74, 6) is 2.04. The van der Waals surface area contributed by atoms with Crippen LogP contribution in [0.2, 0.25) is 5.02 Å². The van der Waals surface area contributed by atoms with Gasteiger partial charge in [-0.3, -0.25) is 14.9 Å². The van der Waals surface area contributed by atoms with Crippen LogP contribution in [-0.4, -0.2) is 15.4 Å². The van der Waals surface area contributed by atoms with Crippen LogP contribution < -0.4 is 4.80 Å². The van der Waals surface area contributed by atoms with Crippen molar-refractivity contribution in [3.8, 4) is 12.3 Å². The zero-order valence-electron chi connectivity index (χ0n) is 12.7. The van der Waals surface area contributed by atoms with E-state index in [-0.39, 0.29) is 17.8 Å². The molecule has 1 aromatic heterocycles. The molecule has 25 heavy (non-hydrogen) atoms. The first-order valence-corrected chi connectivity index (χ1v) is 8.25. The zero-order chi connectivity index (χ0) is 18.0. The Morgan fingerprint density at radius 1 is 1.32 bits per heavy atom. The highest BCUT2D eigenvalue weighted by Gasteiger charge is 2.11. The van der Waals surface area contributed by atoms with Crippen molar-refractivity contribution in [2.24, 2.45) is 4.99 Å². The molecule has 0 aliphatic carbocycles. The molecule has 0 spiro atoms. The summed E-state index contributed by atoms with van der Waals surface area (Å²) in [5.41, 5.74) is 1.01. The maximum atomic E-state index is 12.4. The molecule has 0 fully saturated rings. The molecule has 3 aromatic rings. The van der Waals surface area contributed by atoms with Crippen LogP contribution in [0.15, 0.2) is 47.5 Å². The minimum absolute atomic E-state index is 0.0875. The van der Waals surface area contributed by atoms with Gasteiger partial charge in [-0.1, -0.05) is 28.9 Å². The molecule has 0 unspecified atom stereocenters. The number of rotatable bonds is 3. The summed E-state index contributed by atoms with van der Waals surface area (Å²) >= 11 is 7.30. The average Bonchev–Trinajstić information content (AvgIpc) is 2.91. The van der Waals surface area contributed by atoms with Crippen molar-refractivity contribution < 1.29 is 9.72 Å². The first kappa shape index (κ1) is 16.9. The number of non-ortho nitro benzene ring substituents is 1. The molecule has 6 nitrogen and oxygen atoms in total. The van der Waals surface area contributed by atoms with Crippen LogP contribution in [0, 0.1) is 22.5 Å². The van der Waals surface area contributed by atoms with Crippen molar-refractivity contribution in [3.63, 3.8) is 0 Å². The van der Waals surface area contributed by atoms with Crippen LogP contribution in [0.25, 0.3) is 10.2 Å². The first-order valence-electron chi connectivity index (χ1n) is 7.05. The number of carbonyl (C=O) groups is 1. The lowest BCUT2D eigenvalue weighted by Crippen LogP contribution is -2.16. The van der Waals surface area contributed by atoms with Crippen LogP contribution >= 0.6 is 22.9 Å². The van der Waals surface area contributed by atoms with Crippen molar-refractivity contribution in [1.29, 1.82) is 0 Å². The molecule has 0 saturated carbocycles. The van der Waals surface area contributed by atoms with E-state index in [0.29, 0.717) is 9.82 Å².